The highest BCUT2D eigenvalue weighted by molar-refractivity contribution is 5.81. The van der Waals surface area contributed by atoms with Crippen LogP contribution in [0.25, 0.3) is 22.3 Å². The fraction of sp³-hybridized carbons (Fsp3) is 0.385. The minimum absolute atomic E-state index is 0.0342. The van der Waals surface area contributed by atoms with Gasteiger partial charge < -0.3 is 0 Å². The van der Waals surface area contributed by atoms with E-state index in [1.165, 1.54) is 55.6 Å². The fourth-order valence-corrected chi connectivity index (χ4v) is 6.92. The Morgan fingerprint density at radius 2 is 0.731 bits per heavy atom. The normalized spacial score (nSPS) is 12.8. The number of hydrogen-bond acceptors (Lipinski definition) is 0. The predicted molar refractivity (Wildman–Crippen MR) is 222 cm³/mol. The Morgan fingerprint density at radius 3 is 1.08 bits per heavy atom. The Labute approximate surface area is 315 Å². The molecule has 6 rings (SSSR count). The predicted octanol–water partition coefficient (Wildman–Crippen LogP) is 12.2. The molecule has 4 aromatic rings. The molecule has 0 aliphatic heterocycles. The summed E-state index contributed by atoms with van der Waals surface area (Å²) >= 11 is 0. The van der Waals surface area contributed by atoms with Gasteiger partial charge >= 0.3 is 0 Å². The van der Waals surface area contributed by atoms with Crippen molar-refractivity contribution in [2.45, 2.75) is 109 Å². The van der Waals surface area contributed by atoms with Crippen LogP contribution < -0.4 is 0 Å². The van der Waals surface area contributed by atoms with E-state index in [0.717, 1.165) is 47.9 Å². The summed E-state index contributed by atoms with van der Waals surface area (Å²) in [5.74, 6) is 28.1. The van der Waals surface area contributed by atoms with Gasteiger partial charge in [0.15, 0.2) is 0 Å². The third-order valence-electron chi connectivity index (χ3n) is 9.32. The highest BCUT2D eigenvalue weighted by Crippen LogP contribution is 2.43. The van der Waals surface area contributed by atoms with E-state index in [9.17, 15) is 0 Å². The number of hydrogen-bond donors (Lipinski definition) is 0. The molecule has 2 aliphatic rings. The molecule has 0 spiro atoms. The van der Waals surface area contributed by atoms with Gasteiger partial charge in [-0.3, -0.25) is 0 Å². The van der Waals surface area contributed by atoms with Gasteiger partial charge in [0.05, 0.1) is 0 Å². The van der Waals surface area contributed by atoms with Gasteiger partial charge in [0.25, 0.3) is 0 Å². The van der Waals surface area contributed by atoms with E-state index in [4.69, 9.17) is 0 Å². The summed E-state index contributed by atoms with van der Waals surface area (Å²) < 4.78 is 0. The minimum Gasteiger partial charge on any atom is -0.0920 e. The summed E-state index contributed by atoms with van der Waals surface area (Å²) in [5, 5.41) is 0. The van der Waals surface area contributed by atoms with Crippen LogP contribution in [0.5, 0.6) is 0 Å². The first-order valence-corrected chi connectivity index (χ1v) is 18.9. The van der Waals surface area contributed by atoms with E-state index in [-0.39, 0.29) is 21.7 Å². The van der Waals surface area contributed by atoms with Crippen molar-refractivity contribution < 1.29 is 0 Å². The van der Waals surface area contributed by atoms with Crippen LogP contribution in [-0.2, 0) is 25.7 Å². The van der Waals surface area contributed by atoms with Gasteiger partial charge in [0.2, 0.25) is 0 Å². The van der Waals surface area contributed by atoms with Crippen LogP contribution in [0.3, 0.4) is 0 Å². The molecular weight excluding hydrogens is 625 g/mol. The zero-order valence-corrected chi connectivity index (χ0v) is 33.6. The molecule has 4 aromatic carbocycles. The monoisotopic (exact) mass is 678 g/mol. The maximum absolute atomic E-state index is 3.64. The summed E-state index contributed by atoms with van der Waals surface area (Å²) in [6.45, 7) is 26.1. The lowest BCUT2D eigenvalue weighted by molar-refractivity contribution is 0.570. The van der Waals surface area contributed by atoms with Crippen LogP contribution >= 0.6 is 0 Å². The first kappa shape index (κ1) is 36.9. The van der Waals surface area contributed by atoms with Crippen molar-refractivity contribution in [3.05, 3.63) is 116 Å². The molecule has 0 saturated heterocycles. The third-order valence-corrected chi connectivity index (χ3v) is 9.32. The van der Waals surface area contributed by atoms with Gasteiger partial charge in [-0.15, -0.1) is 0 Å². The van der Waals surface area contributed by atoms with Crippen LogP contribution in [0.1, 0.15) is 139 Å². The zero-order chi connectivity index (χ0) is 37.6. The Morgan fingerprint density at radius 1 is 0.404 bits per heavy atom. The topological polar surface area (TPSA) is 0 Å². The van der Waals surface area contributed by atoms with E-state index in [2.05, 4.69) is 191 Å². The van der Waals surface area contributed by atoms with Gasteiger partial charge in [0, 0.05) is 43.9 Å². The quantitative estimate of drug-likeness (QED) is 0.163. The Balaban J connectivity index is 1.43. The van der Waals surface area contributed by atoms with Gasteiger partial charge in [-0.2, -0.15) is 0 Å². The highest BCUT2D eigenvalue weighted by Gasteiger charge is 2.26. The SMILES string of the molecule is CC(C)(C)C#Cc1ccc2c(c1)Cc1c-2ccc(C#CC(C)(C)C)c1CCc1c(C#CC(C)(C)C)ccc2c1Cc1cc(C#CC(C)(C)C)ccc1-2. The molecule has 0 atom stereocenters. The molecule has 0 unspecified atom stereocenters. The highest BCUT2D eigenvalue weighted by atomic mass is 14.3. The second kappa shape index (κ2) is 13.6. The minimum atomic E-state index is -0.0856. The average molecular weight is 679 g/mol. The summed E-state index contributed by atoms with van der Waals surface area (Å²) in [5.41, 5.74) is 17.8. The molecule has 2 aliphatic carbocycles. The fourth-order valence-electron chi connectivity index (χ4n) is 6.92. The van der Waals surface area contributed by atoms with Gasteiger partial charge in [-0.05, 0) is 201 Å². The van der Waals surface area contributed by atoms with Crippen molar-refractivity contribution in [3.63, 3.8) is 0 Å². The Kier molecular flexibility index (Phi) is 9.64. The summed E-state index contributed by atoms with van der Waals surface area (Å²) in [4.78, 5) is 0. The molecule has 0 amide bonds. The second-order valence-corrected chi connectivity index (χ2v) is 18.8. The van der Waals surface area contributed by atoms with Crippen molar-refractivity contribution in [3.8, 4) is 69.6 Å². The molecule has 0 fully saturated rings. The number of fused-ring (bicyclic) bond motifs is 6. The molecule has 0 radical (unpaired) electrons. The molecule has 0 saturated carbocycles. The number of rotatable bonds is 3. The van der Waals surface area contributed by atoms with E-state index in [1.807, 2.05) is 0 Å². The van der Waals surface area contributed by atoms with Crippen LogP contribution in [0.2, 0.25) is 0 Å². The van der Waals surface area contributed by atoms with Crippen molar-refractivity contribution in [1.82, 2.24) is 0 Å². The summed E-state index contributed by atoms with van der Waals surface area (Å²) in [7, 11) is 0. The Bertz CT molecular complexity index is 2160. The van der Waals surface area contributed by atoms with E-state index < -0.39 is 0 Å². The van der Waals surface area contributed by atoms with Gasteiger partial charge in [-0.25, -0.2) is 0 Å². The molecule has 0 aromatic heterocycles. The molecule has 262 valence electrons. The molecule has 0 heteroatoms. The van der Waals surface area contributed by atoms with Crippen molar-refractivity contribution in [2.75, 3.05) is 0 Å². The summed E-state index contributed by atoms with van der Waals surface area (Å²) in [6, 6.07) is 22.7. The summed E-state index contributed by atoms with van der Waals surface area (Å²) in [6.07, 6.45) is 3.62. The Hall–Kier alpha value is -4.88. The third kappa shape index (κ3) is 8.76. The lowest BCUT2D eigenvalue weighted by Gasteiger charge is -2.16. The molecule has 0 heterocycles. The maximum Gasteiger partial charge on any atom is 0.0280 e. The zero-order valence-electron chi connectivity index (χ0n) is 33.6. The standard InChI is InChI=1S/C52H54/c1-49(2,3)27-23-35-13-17-43-39(31-35)33-47-41(37(15-19-45(43)47)25-29-51(7,8)9)21-22-42-38(26-30-52(10,11)12)16-20-46-44-18-14-36(24-28-50(4,5)6)32-40(44)34-48(42)46/h13-20,31-32H,21-22,33-34H2,1-12H3. The maximum atomic E-state index is 3.64. The first-order chi connectivity index (χ1) is 24.2. The van der Waals surface area contributed by atoms with Gasteiger partial charge in [0.1, 0.15) is 0 Å². The average Bonchev–Trinajstić information content (AvgIpc) is 3.60. The number of benzene rings is 4. The van der Waals surface area contributed by atoms with Crippen molar-refractivity contribution in [1.29, 1.82) is 0 Å². The van der Waals surface area contributed by atoms with E-state index in [1.54, 1.807) is 0 Å². The molecule has 0 nitrogen and oxygen atoms in total. The first-order valence-electron chi connectivity index (χ1n) is 18.9. The van der Waals surface area contributed by atoms with E-state index >= 15 is 0 Å². The van der Waals surface area contributed by atoms with Crippen molar-refractivity contribution >= 4 is 0 Å². The van der Waals surface area contributed by atoms with E-state index in [0.29, 0.717) is 0 Å². The lowest BCUT2D eigenvalue weighted by atomic mass is 9.87. The second-order valence-electron chi connectivity index (χ2n) is 18.8. The molecule has 52 heavy (non-hydrogen) atoms. The van der Waals surface area contributed by atoms with Crippen LogP contribution in [-0.4, -0.2) is 0 Å². The molecule has 0 N–H and O–H groups in total. The van der Waals surface area contributed by atoms with Crippen molar-refractivity contribution in [2.24, 2.45) is 21.7 Å². The van der Waals surface area contributed by atoms with Crippen LogP contribution in [0, 0.1) is 69.0 Å². The molecule has 0 bridgehead atoms. The smallest absolute Gasteiger partial charge is 0.0280 e. The van der Waals surface area contributed by atoms with Gasteiger partial charge in [-0.1, -0.05) is 71.6 Å². The van der Waals surface area contributed by atoms with Crippen LogP contribution in [0.15, 0.2) is 60.7 Å². The lowest BCUT2D eigenvalue weighted by Crippen LogP contribution is -2.06. The molecular formula is C52H54. The van der Waals surface area contributed by atoms with Crippen LogP contribution in [0.4, 0.5) is 0 Å². The largest absolute Gasteiger partial charge is 0.0920 e.